The molecule has 1 aliphatic carbocycles. The van der Waals surface area contributed by atoms with E-state index in [2.05, 4.69) is 90.3 Å². The van der Waals surface area contributed by atoms with Crippen molar-refractivity contribution in [3.05, 3.63) is 70.8 Å². The number of nitrogens with zero attached hydrogens (tertiary/aromatic N) is 3. The minimum Gasteiger partial charge on any atom is -0.344 e. The molecular weight excluding hydrogens is 579 g/mol. The number of hydrogen-bond donors (Lipinski definition) is 2. The van der Waals surface area contributed by atoms with Crippen LogP contribution < -0.4 is 10.6 Å². The number of carbonyl (C=O) groups excluding carboxylic acids is 2. The normalized spacial score (nSPS) is 20.2. The van der Waals surface area contributed by atoms with E-state index < -0.39 is 6.04 Å². The van der Waals surface area contributed by atoms with Gasteiger partial charge in [0.05, 0.1) is 0 Å². The molecule has 2 heterocycles. The Morgan fingerprint density at radius 3 is 2.36 bits per heavy atom. The summed E-state index contributed by atoms with van der Waals surface area (Å²) in [4.78, 5) is 31.6. The topological polar surface area (TPSA) is 67.9 Å². The third-order valence-corrected chi connectivity index (χ3v) is 10.8. The van der Waals surface area contributed by atoms with Gasteiger partial charge in [0, 0.05) is 64.2 Å². The fraction of sp³-hybridized carbons (Fsp3) is 0.622. The Labute approximate surface area is 277 Å². The van der Waals surface area contributed by atoms with E-state index in [1.165, 1.54) is 55.2 Å². The molecule has 8 heteroatoms. The van der Waals surface area contributed by atoms with Gasteiger partial charge in [0.2, 0.25) is 11.8 Å². The molecule has 3 unspecified atom stereocenters. The number of rotatable bonds is 11. The number of benzene rings is 2. The van der Waals surface area contributed by atoms with E-state index in [4.69, 9.17) is 0 Å². The maximum Gasteiger partial charge on any atom is 0.245 e. The lowest BCUT2D eigenvalue weighted by atomic mass is 9.85. The minimum absolute atomic E-state index is 0.00877. The molecule has 2 aliphatic heterocycles. The van der Waals surface area contributed by atoms with Crippen molar-refractivity contribution >= 4 is 23.8 Å². The summed E-state index contributed by atoms with van der Waals surface area (Å²) in [5.41, 5.74) is 4.70. The van der Waals surface area contributed by atoms with Crippen molar-refractivity contribution in [2.75, 3.05) is 46.0 Å². The summed E-state index contributed by atoms with van der Waals surface area (Å²) in [6.07, 6.45) is 11.1. The molecule has 2 N–H and O–H groups in total. The zero-order valence-corrected chi connectivity index (χ0v) is 29.2. The van der Waals surface area contributed by atoms with Crippen molar-refractivity contribution in [3.63, 3.8) is 0 Å². The Bertz CT molecular complexity index is 1190. The van der Waals surface area contributed by atoms with Crippen LogP contribution in [0.3, 0.4) is 0 Å². The molecular formula is C37H57N5O2S. The molecule has 0 bridgehead atoms. The van der Waals surface area contributed by atoms with Gasteiger partial charge in [-0.15, -0.1) is 0 Å². The average Bonchev–Trinajstić information content (AvgIpc) is 3.48. The van der Waals surface area contributed by atoms with E-state index in [-0.39, 0.29) is 17.9 Å². The van der Waals surface area contributed by atoms with Crippen molar-refractivity contribution in [1.82, 2.24) is 24.7 Å². The molecule has 0 aromatic heterocycles. The molecule has 2 aromatic rings. The predicted octanol–water partition coefficient (Wildman–Crippen LogP) is 5.98. The summed E-state index contributed by atoms with van der Waals surface area (Å²) in [7, 11) is 2.07. The maximum absolute atomic E-state index is 13.8. The highest BCUT2D eigenvalue weighted by atomic mass is 32.2. The smallest absolute Gasteiger partial charge is 0.245 e. The number of aryl methyl sites for hydroxylation is 1. The molecule has 45 heavy (non-hydrogen) atoms. The summed E-state index contributed by atoms with van der Waals surface area (Å²) in [5, 5.41) is 6.60. The van der Waals surface area contributed by atoms with E-state index in [9.17, 15) is 9.59 Å². The summed E-state index contributed by atoms with van der Waals surface area (Å²) >= 11 is 1.76. The maximum atomic E-state index is 13.8. The quantitative estimate of drug-likeness (QED) is 0.297. The third kappa shape index (κ3) is 10.8. The molecule has 2 fully saturated rings. The lowest BCUT2D eigenvalue weighted by Gasteiger charge is -2.40. The second-order valence-corrected chi connectivity index (χ2v) is 14.2. The Morgan fingerprint density at radius 2 is 1.71 bits per heavy atom. The van der Waals surface area contributed by atoms with Crippen LogP contribution in [0.5, 0.6) is 0 Å². The Morgan fingerprint density at radius 1 is 1.02 bits per heavy atom. The van der Waals surface area contributed by atoms with Gasteiger partial charge < -0.3 is 15.5 Å². The summed E-state index contributed by atoms with van der Waals surface area (Å²) < 4.78 is 2.17. The first-order chi connectivity index (χ1) is 21.8. The van der Waals surface area contributed by atoms with Crippen molar-refractivity contribution in [3.8, 4) is 0 Å². The second kappa shape index (κ2) is 18.1. The monoisotopic (exact) mass is 635 g/mol. The fourth-order valence-electron chi connectivity index (χ4n) is 6.95. The summed E-state index contributed by atoms with van der Waals surface area (Å²) in [6.45, 7) is 11.7. The Kier molecular flexibility index (Phi) is 14.2. The van der Waals surface area contributed by atoms with Gasteiger partial charge >= 0.3 is 0 Å². The number of carbonyl (C=O) groups is 2. The molecule has 1 saturated carbocycles. The van der Waals surface area contributed by atoms with Crippen LogP contribution in [0, 0.1) is 12.8 Å². The first kappa shape index (κ1) is 35.5. The van der Waals surface area contributed by atoms with Crippen molar-refractivity contribution < 1.29 is 9.59 Å². The molecule has 3 atom stereocenters. The lowest BCUT2D eigenvalue weighted by Crippen LogP contribution is -2.57. The number of piperazine rings is 1. The highest BCUT2D eigenvalue weighted by Gasteiger charge is 2.32. The minimum atomic E-state index is -0.553. The Balaban J connectivity index is 0.000000700. The number of hydrogen-bond acceptors (Lipinski definition) is 6. The van der Waals surface area contributed by atoms with E-state index in [0.717, 1.165) is 50.7 Å². The van der Waals surface area contributed by atoms with Crippen LogP contribution in [0.4, 0.5) is 0 Å². The van der Waals surface area contributed by atoms with Crippen molar-refractivity contribution in [2.24, 2.45) is 5.92 Å². The molecule has 5 rings (SSSR count). The van der Waals surface area contributed by atoms with Crippen LogP contribution in [0.1, 0.15) is 87.1 Å². The largest absolute Gasteiger partial charge is 0.344 e. The van der Waals surface area contributed by atoms with E-state index >= 15 is 0 Å². The molecule has 2 aromatic carbocycles. The average molecular weight is 636 g/mol. The molecule has 0 spiro atoms. The lowest BCUT2D eigenvalue weighted by molar-refractivity contribution is -0.138. The Hall–Kier alpha value is -2.39. The van der Waals surface area contributed by atoms with Crippen LogP contribution in [0.2, 0.25) is 0 Å². The molecule has 1 saturated heterocycles. The third-order valence-electron chi connectivity index (χ3n) is 9.96. The zero-order valence-electron chi connectivity index (χ0n) is 28.4. The van der Waals surface area contributed by atoms with Gasteiger partial charge in [-0.25, -0.2) is 0 Å². The number of fused-ring (bicyclic) bond motifs is 1. The van der Waals surface area contributed by atoms with Crippen LogP contribution in [-0.4, -0.2) is 84.0 Å². The van der Waals surface area contributed by atoms with Gasteiger partial charge in [-0.05, 0) is 56.2 Å². The van der Waals surface area contributed by atoms with Gasteiger partial charge in [0.25, 0.3) is 0 Å². The van der Waals surface area contributed by atoms with Crippen LogP contribution in [-0.2, 0) is 22.6 Å². The highest BCUT2D eigenvalue weighted by molar-refractivity contribution is 7.96. The predicted molar refractivity (Wildman–Crippen MR) is 188 cm³/mol. The molecule has 3 aliphatic rings. The van der Waals surface area contributed by atoms with E-state index in [1.807, 2.05) is 17.0 Å². The first-order valence-corrected chi connectivity index (χ1v) is 18.4. The van der Waals surface area contributed by atoms with Crippen molar-refractivity contribution in [2.45, 2.75) is 96.8 Å². The number of amides is 2. The van der Waals surface area contributed by atoms with Crippen LogP contribution in [0.25, 0.3) is 0 Å². The van der Waals surface area contributed by atoms with E-state index in [0.29, 0.717) is 18.9 Å². The highest BCUT2D eigenvalue weighted by Crippen LogP contribution is 2.29. The van der Waals surface area contributed by atoms with Crippen LogP contribution in [0.15, 0.2) is 48.5 Å². The standard InChI is InChI=1S/C33H46N4O2.C4H11NS/c1-24-12-14-27(15-13-24)21-31(35-32(38)22-30-29-11-7-6-10-28(29)23-34-30)33(39)37-18-16-36(17-19-37)25(2)20-26-8-4-3-5-9-26;1-4-5(2)6-3/h6-7,10-15,25-26,30-31,34H,3-5,8-9,16-23H2,1-2H3,(H,35,38);4H2,1-3H3. The van der Waals surface area contributed by atoms with Gasteiger partial charge in [0.1, 0.15) is 6.04 Å². The molecule has 7 nitrogen and oxygen atoms in total. The molecule has 0 radical (unpaired) electrons. The molecule has 2 amide bonds. The van der Waals surface area contributed by atoms with Gasteiger partial charge in [-0.3, -0.25) is 18.8 Å². The summed E-state index contributed by atoms with van der Waals surface area (Å²) in [5.74, 6) is 0.835. The second-order valence-electron chi connectivity index (χ2n) is 13.2. The van der Waals surface area contributed by atoms with Gasteiger partial charge in [-0.2, -0.15) is 0 Å². The van der Waals surface area contributed by atoms with Crippen LogP contribution >= 0.6 is 11.9 Å². The first-order valence-electron chi connectivity index (χ1n) is 17.2. The van der Waals surface area contributed by atoms with Gasteiger partial charge in [-0.1, -0.05) is 105 Å². The number of nitrogens with one attached hydrogen (secondary N) is 2. The SMILES string of the molecule is CCN(C)SC.Cc1ccc(CC(NC(=O)CC2NCc3ccccc32)C(=O)N2CCN(C(C)CC3CCCCC3)CC2)cc1. The van der Waals surface area contributed by atoms with Gasteiger partial charge in [0.15, 0.2) is 0 Å². The zero-order chi connectivity index (χ0) is 32.2. The molecule has 248 valence electrons. The van der Waals surface area contributed by atoms with E-state index in [1.54, 1.807) is 11.9 Å². The van der Waals surface area contributed by atoms with Crippen molar-refractivity contribution in [1.29, 1.82) is 0 Å². The fourth-order valence-corrected chi connectivity index (χ4v) is 7.20. The summed E-state index contributed by atoms with van der Waals surface area (Å²) in [6, 6.07) is 16.6.